The Morgan fingerprint density at radius 3 is 1.96 bits per heavy atom. The number of rotatable bonds is 7. The Hall–Kier alpha value is -4.78. The minimum atomic E-state index is -2.08. The summed E-state index contributed by atoms with van der Waals surface area (Å²) < 4.78 is 18.9. The van der Waals surface area contributed by atoms with Crippen LogP contribution in [-0.4, -0.2) is 67.8 Å². The molecule has 4 unspecified atom stereocenters. The summed E-state index contributed by atoms with van der Waals surface area (Å²) >= 11 is 13.9. The van der Waals surface area contributed by atoms with Crippen molar-refractivity contribution in [3.05, 3.63) is 106 Å². The second-order valence-corrected chi connectivity index (χ2v) is 15.0. The van der Waals surface area contributed by atoms with E-state index in [0.717, 1.165) is 0 Å². The lowest BCUT2D eigenvalue weighted by Gasteiger charge is -2.42. The number of hydrogen-bond donors (Lipinski definition) is 0. The van der Waals surface area contributed by atoms with Crippen molar-refractivity contribution in [2.45, 2.75) is 56.9 Å². The number of anilines is 4. The van der Waals surface area contributed by atoms with Gasteiger partial charge < -0.3 is 33.8 Å². The van der Waals surface area contributed by atoms with E-state index in [4.69, 9.17) is 37.4 Å². The van der Waals surface area contributed by atoms with Gasteiger partial charge in [-0.05, 0) is 75.7 Å². The molecule has 278 valence electrons. The number of halogens is 2. The van der Waals surface area contributed by atoms with Gasteiger partial charge in [0.15, 0.2) is 5.79 Å². The van der Waals surface area contributed by atoms with Crippen molar-refractivity contribution in [2.75, 3.05) is 46.8 Å². The fraction of sp³-hybridized carbons (Fsp3) is 0.317. The van der Waals surface area contributed by atoms with E-state index in [1.165, 1.54) is 19.6 Å². The molecule has 4 aromatic carbocycles. The van der Waals surface area contributed by atoms with Gasteiger partial charge >= 0.3 is 0 Å². The highest BCUT2D eigenvalue weighted by atomic mass is 35.5. The van der Waals surface area contributed by atoms with Crippen LogP contribution < -0.4 is 19.6 Å². The van der Waals surface area contributed by atoms with Gasteiger partial charge in [0.1, 0.15) is 12.2 Å². The molecule has 2 fully saturated rings. The van der Waals surface area contributed by atoms with Crippen LogP contribution in [0.2, 0.25) is 10.0 Å². The van der Waals surface area contributed by atoms with Gasteiger partial charge in [0.25, 0.3) is 34.8 Å². The van der Waals surface area contributed by atoms with Crippen LogP contribution in [0.4, 0.5) is 22.7 Å². The Labute approximate surface area is 322 Å². The lowest BCUT2D eigenvalue weighted by Crippen LogP contribution is -2.63. The van der Waals surface area contributed by atoms with Gasteiger partial charge in [0.2, 0.25) is 0 Å². The van der Waals surface area contributed by atoms with E-state index in [1.54, 1.807) is 88.6 Å². The SMILES string of the molecule is CCN(C(=O)C12OC1c1c(Cl)cccc1N(C)C2=O)c1cccc(-c2ccc3c(c2Cl)C2OC(C)(C)OC2(C(=O)N(CC)c2ccccc2)C(=O)N3C)c1. The summed E-state index contributed by atoms with van der Waals surface area (Å²) in [6.45, 7) is 7.49. The summed E-state index contributed by atoms with van der Waals surface area (Å²) in [4.78, 5) is 63.1. The predicted molar refractivity (Wildman–Crippen MR) is 206 cm³/mol. The van der Waals surface area contributed by atoms with Crippen LogP contribution in [0.3, 0.4) is 0 Å². The Bertz CT molecular complexity index is 2270. The van der Waals surface area contributed by atoms with Crippen LogP contribution in [-0.2, 0) is 33.4 Å². The summed E-state index contributed by atoms with van der Waals surface area (Å²) in [6.07, 6.45) is -2.00. The van der Waals surface area contributed by atoms with E-state index in [2.05, 4.69) is 0 Å². The molecular weight excluding hydrogens is 731 g/mol. The first-order valence-electron chi connectivity index (χ1n) is 17.8. The van der Waals surface area contributed by atoms with Crippen molar-refractivity contribution >= 4 is 69.6 Å². The third-order valence-electron chi connectivity index (χ3n) is 10.8. The molecule has 4 aromatic rings. The number of benzene rings is 4. The number of carbonyl (C=O) groups excluding carboxylic acids is 4. The smallest absolute Gasteiger partial charge is 0.272 e. The van der Waals surface area contributed by atoms with E-state index >= 15 is 0 Å². The largest absolute Gasteiger partial charge is 0.341 e. The molecule has 0 radical (unpaired) electrons. The maximum absolute atomic E-state index is 14.7. The van der Waals surface area contributed by atoms with E-state index in [9.17, 15) is 19.2 Å². The number of carbonyl (C=O) groups is 4. The van der Waals surface area contributed by atoms with Crippen LogP contribution in [0, 0.1) is 0 Å². The molecule has 11 nitrogen and oxygen atoms in total. The molecule has 13 heteroatoms. The van der Waals surface area contributed by atoms with Gasteiger partial charge in [-0.15, -0.1) is 0 Å². The quantitative estimate of drug-likeness (QED) is 0.146. The zero-order valence-corrected chi connectivity index (χ0v) is 32.1. The molecule has 2 saturated heterocycles. The fourth-order valence-electron chi connectivity index (χ4n) is 8.21. The zero-order valence-electron chi connectivity index (χ0n) is 30.6. The average molecular weight is 770 g/mol. The van der Waals surface area contributed by atoms with E-state index in [1.807, 2.05) is 38.1 Å². The van der Waals surface area contributed by atoms with Crippen molar-refractivity contribution in [3.8, 4) is 11.1 Å². The highest BCUT2D eigenvalue weighted by Crippen LogP contribution is 2.60. The van der Waals surface area contributed by atoms with Crippen molar-refractivity contribution in [1.29, 1.82) is 0 Å². The van der Waals surface area contributed by atoms with Crippen molar-refractivity contribution in [1.82, 2.24) is 0 Å². The first-order chi connectivity index (χ1) is 25.7. The summed E-state index contributed by atoms with van der Waals surface area (Å²) in [6, 6.07) is 25.1. The topological polar surface area (TPSA) is 112 Å². The maximum Gasteiger partial charge on any atom is 0.272 e. The van der Waals surface area contributed by atoms with E-state index in [0.29, 0.717) is 50.0 Å². The summed E-state index contributed by atoms with van der Waals surface area (Å²) in [5, 5.41) is 0.670. The molecule has 0 bridgehead atoms. The standard InChI is InChI=1S/C41H38Cl2N4O7/c1-7-46(24-15-10-9-11-16-24)38(51)41-34(52-39(3,4)54-41)31-29(45(6)36(41)49)21-20-26(32(31)43)23-14-12-17-25(22-23)47(8-2)37(50)40-33(53-40)30-27(42)18-13-19-28(30)44(5)35(40)48/h9-22,33-34H,7-8H2,1-6H3. The minimum absolute atomic E-state index is 0.236. The average Bonchev–Trinajstić information content (AvgIpc) is 3.85. The zero-order chi connectivity index (χ0) is 38.5. The highest BCUT2D eigenvalue weighted by Gasteiger charge is 2.74. The highest BCUT2D eigenvalue weighted by molar-refractivity contribution is 6.36. The van der Waals surface area contributed by atoms with E-state index in [-0.39, 0.29) is 18.1 Å². The monoisotopic (exact) mass is 768 g/mol. The molecule has 0 aliphatic carbocycles. The summed E-state index contributed by atoms with van der Waals surface area (Å²) in [5.41, 5.74) is 0.621. The van der Waals surface area contributed by atoms with Crippen molar-refractivity contribution < 1.29 is 33.4 Å². The number of epoxide rings is 1. The normalized spacial score (nSPS) is 24.7. The van der Waals surface area contributed by atoms with Crippen molar-refractivity contribution in [2.24, 2.45) is 0 Å². The third kappa shape index (κ3) is 4.99. The molecule has 4 aliphatic heterocycles. The second kappa shape index (κ2) is 12.6. The number of ether oxygens (including phenoxy) is 3. The van der Waals surface area contributed by atoms with Crippen LogP contribution in [0.15, 0.2) is 84.9 Å². The number of nitrogens with zero attached hydrogens (tertiary/aromatic N) is 4. The third-order valence-corrected chi connectivity index (χ3v) is 11.5. The Morgan fingerprint density at radius 1 is 0.704 bits per heavy atom. The van der Waals surface area contributed by atoms with Gasteiger partial charge in [-0.25, -0.2) is 0 Å². The molecule has 4 heterocycles. The number of hydrogen-bond acceptors (Lipinski definition) is 7. The van der Waals surface area contributed by atoms with Gasteiger partial charge in [-0.2, -0.15) is 0 Å². The molecule has 0 saturated carbocycles. The number of likely N-dealkylation sites (N-methyl/N-ethyl adjacent to an activating group) is 4. The molecule has 0 aromatic heterocycles. The van der Waals surface area contributed by atoms with Gasteiger partial charge in [0, 0.05) is 60.3 Å². The Morgan fingerprint density at radius 2 is 1.28 bits per heavy atom. The second-order valence-electron chi connectivity index (χ2n) is 14.2. The molecule has 4 atom stereocenters. The van der Waals surface area contributed by atoms with Crippen LogP contribution >= 0.6 is 23.2 Å². The lowest BCUT2D eigenvalue weighted by atomic mass is 9.82. The number of amides is 4. The first-order valence-corrected chi connectivity index (χ1v) is 18.5. The molecule has 4 amide bonds. The molecule has 0 spiro atoms. The Balaban J connectivity index is 1.19. The van der Waals surface area contributed by atoms with Crippen LogP contribution in [0.25, 0.3) is 11.1 Å². The number of para-hydroxylation sites is 1. The molecule has 8 rings (SSSR count). The number of fused-ring (bicyclic) bond motifs is 6. The minimum Gasteiger partial charge on any atom is -0.341 e. The van der Waals surface area contributed by atoms with Crippen molar-refractivity contribution in [3.63, 3.8) is 0 Å². The Kier molecular flexibility index (Phi) is 8.48. The van der Waals surface area contributed by atoms with Crippen LogP contribution in [0.1, 0.15) is 51.0 Å². The molecule has 54 heavy (non-hydrogen) atoms. The summed E-state index contributed by atoms with van der Waals surface area (Å²) in [5.74, 6) is -3.44. The maximum atomic E-state index is 14.7. The molecule has 4 aliphatic rings. The van der Waals surface area contributed by atoms with E-state index < -0.39 is 52.8 Å². The first kappa shape index (κ1) is 36.2. The lowest BCUT2D eigenvalue weighted by molar-refractivity contribution is -0.177. The molecule has 0 N–H and O–H groups in total. The van der Waals surface area contributed by atoms with Gasteiger partial charge in [0.05, 0.1) is 16.4 Å². The summed E-state index contributed by atoms with van der Waals surface area (Å²) in [7, 11) is 3.19. The molecular formula is C41H38Cl2N4O7. The van der Waals surface area contributed by atoms with Crippen LogP contribution in [0.5, 0.6) is 0 Å². The van der Waals surface area contributed by atoms with Gasteiger partial charge in [-0.1, -0.05) is 65.7 Å². The predicted octanol–water partition coefficient (Wildman–Crippen LogP) is 7.09. The fourth-order valence-corrected chi connectivity index (χ4v) is 8.84. The van der Waals surface area contributed by atoms with Gasteiger partial charge in [-0.3, -0.25) is 19.2 Å².